The first-order valence-corrected chi connectivity index (χ1v) is 10.6. The van der Waals surface area contributed by atoms with Gasteiger partial charge >= 0.3 is 0 Å². The highest BCUT2D eigenvalue weighted by atomic mass is 127. The molecule has 7 heteroatoms. The van der Waals surface area contributed by atoms with Crippen LogP contribution in [0.15, 0.2) is 34.8 Å². The van der Waals surface area contributed by atoms with Gasteiger partial charge < -0.3 is 20.3 Å². The van der Waals surface area contributed by atoms with Crippen molar-refractivity contribution < 1.29 is 9.13 Å². The van der Waals surface area contributed by atoms with Crippen LogP contribution < -0.4 is 15.5 Å². The summed E-state index contributed by atoms with van der Waals surface area (Å²) < 4.78 is 19.9. The van der Waals surface area contributed by atoms with Crippen LogP contribution in [-0.4, -0.2) is 45.4 Å². The lowest BCUT2D eigenvalue weighted by molar-refractivity contribution is 0.122. The molecule has 29 heavy (non-hydrogen) atoms. The molecule has 0 radical (unpaired) electrons. The van der Waals surface area contributed by atoms with Gasteiger partial charge in [-0.15, -0.1) is 24.0 Å². The summed E-state index contributed by atoms with van der Waals surface area (Å²) in [4.78, 5) is 6.66. The van der Waals surface area contributed by atoms with Gasteiger partial charge in [-0.25, -0.2) is 9.38 Å². The lowest BCUT2D eigenvalue weighted by Crippen LogP contribution is -2.38. The van der Waals surface area contributed by atoms with E-state index in [-0.39, 0.29) is 29.8 Å². The number of nitrogens with zero attached hydrogens (tertiary/aromatic N) is 2. The van der Waals surface area contributed by atoms with E-state index in [1.807, 2.05) is 17.0 Å². The number of ether oxygens (including phenoxy) is 1. The third-order valence-corrected chi connectivity index (χ3v) is 5.25. The molecule has 1 aliphatic carbocycles. The minimum Gasteiger partial charge on any atom is -0.378 e. The van der Waals surface area contributed by atoms with E-state index in [0.717, 1.165) is 44.1 Å². The maximum atomic E-state index is 14.5. The minimum absolute atomic E-state index is 0. The average molecular weight is 516 g/mol. The van der Waals surface area contributed by atoms with Crippen LogP contribution in [0.4, 0.5) is 10.1 Å². The number of nitrogens with one attached hydrogen (secondary N) is 2. The Balaban J connectivity index is 0.00000300. The van der Waals surface area contributed by atoms with Gasteiger partial charge in [0.15, 0.2) is 5.96 Å². The molecular formula is C22H34FIN4O. The molecule has 162 valence electrons. The number of halogens is 2. The van der Waals surface area contributed by atoms with Crippen molar-refractivity contribution in [3.05, 3.63) is 41.2 Å². The molecule has 1 aromatic carbocycles. The van der Waals surface area contributed by atoms with Crippen molar-refractivity contribution in [1.29, 1.82) is 0 Å². The minimum atomic E-state index is -0.184. The second-order valence-corrected chi connectivity index (χ2v) is 7.37. The molecule has 0 aromatic heterocycles. The lowest BCUT2D eigenvalue weighted by atomic mass is 9.97. The Bertz CT molecular complexity index is 689. The first-order valence-electron chi connectivity index (χ1n) is 10.6. The zero-order chi connectivity index (χ0) is 19.6. The summed E-state index contributed by atoms with van der Waals surface area (Å²) in [6.07, 6.45) is 8.52. The number of hydrogen-bond donors (Lipinski definition) is 2. The molecule has 0 unspecified atom stereocenters. The Morgan fingerprint density at radius 1 is 1.21 bits per heavy atom. The van der Waals surface area contributed by atoms with Gasteiger partial charge in [0.05, 0.1) is 25.4 Å². The third kappa shape index (κ3) is 7.77. The first-order chi connectivity index (χ1) is 13.8. The van der Waals surface area contributed by atoms with Crippen LogP contribution in [-0.2, 0) is 11.3 Å². The highest BCUT2D eigenvalue weighted by Gasteiger charge is 2.15. The van der Waals surface area contributed by atoms with Crippen LogP contribution >= 0.6 is 24.0 Å². The molecule has 1 aliphatic heterocycles. The molecule has 1 aromatic rings. The van der Waals surface area contributed by atoms with Crippen molar-refractivity contribution in [1.82, 2.24) is 10.6 Å². The quantitative estimate of drug-likeness (QED) is 0.247. The smallest absolute Gasteiger partial charge is 0.191 e. The number of aliphatic imine (C=N–C) groups is 1. The highest BCUT2D eigenvalue weighted by molar-refractivity contribution is 14.0. The van der Waals surface area contributed by atoms with Crippen LogP contribution in [0.5, 0.6) is 0 Å². The molecule has 5 nitrogen and oxygen atoms in total. The summed E-state index contributed by atoms with van der Waals surface area (Å²) in [7, 11) is 0. The zero-order valence-corrected chi connectivity index (χ0v) is 19.7. The number of hydrogen-bond acceptors (Lipinski definition) is 3. The second-order valence-electron chi connectivity index (χ2n) is 7.37. The summed E-state index contributed by atoms with van der Waals surface area (Å²) in [6.45, 7) is 6.97. The van der Waals surface area contributed by atoms with Crippen LogP contribution in [0.2, 0.25) is 0 Å². The molecule has 0 amide bonds. The summed E-state index contributed by atoms with van der Waals surface area (Å²) in [5.41, 5.74) is 3.08. The Morgan fingerprint density at radius 3 is 2.72 bits per heavy atom. The van der Waals surface area contributed by atoms with E-state index in [9.17, 15) is 4.39 Å². The maximum Gasteiger partial charge on any atom is 0.191 e. The second kappa shape index (κ2) is 13.1. The zero-order valence-electron chi connectivity index (χ0n) is 17.4. The molecule has 0 saturated carbocycles. The topological polar surface area (TPSA) is 48.9 Å². The normalized spacial score (nSPS) is 17.4. The predicted octanol–water partition coefficient (Wildman–Crippen LogP) is 4.23. The van der Waals surface area contributed by atoms with E-state index in [2.05, 4.69) is 28.6 Å². The van der Waals surface area contributed by atoms with Crippen LogP contribution in [0.25, 0.3) is 0 Å². The molecule has 1 fully saturated rings. The summed E-state index contributed by atoms with van der Waals surface area (Å²) in [5.74, 6) is 0.605. The molecular weight excluding hydrogens is 482 g/mol. The maximum absolute atomic E-state index is 14.5. The van der Waals surface area contributed by atoms with Crippen molar-refractivity contribution in [3.63, 3.8) is 0 Å². The largest absolute Gasteiger partial charge is 0.378 e. The van der Waals surface area contributed by atoms with Crippen molar-refractivity contribution in [3.8, 4) is 0 Å². The van der Waals surface area contributed by atoms with Gasteiger partial charge in [-0.2, -0.15) is 0 Å². The average Bonchev–Trinajstić information content (AvgIpc) is 2.73. The monoisotopic (exact) mass is 516 g/mol. The lowest BCUT2D eigenvalue weighted by Gasteiger charge is -2.29. The van der Waals surface area contributed by atoms with E-state index < -0.39 is 0 Å². The Labute approximate surface area is 191 Å². The Kier molecular flexibility index (Phi) is 10.8. The molecule has 1 saturated heterocycles. The molecule has 1 heterocycles. The number of guanidine groups is 1. The number of rotatable bonds is 7. The third-order valence-electron chi connectivity index (χ3n) is 5.25. The summed E-state index contributed by atoms with van der Waals surface area (Å²) in [5, 5.41) is 6.67. The number of anilines is 1. The fourth-order valence-electron chi connectivity index (χ4n) is 3.69. The van der Waals surface area contributed by atoms with Crippen molar-refractivity contribution in [2.24, 2.45) is 4.99 Å². The van der Waals surface area contributed by atoms with Gasteiger partial charge in [-0.1, -0.05) is 17.7 Å². The van der Waals surface area contributed by atoms with Crippen molar-refractivity contribution >= 4 is 35.6 Å². The van der Waals surface area contributed by atoms with E-state index in [1.165, 1.54) is 25.7 Å². The van der Waals surface area contributed by atoms with Crippen molar-refractivity contribution in [2.75, 3.05) is 44.3 Å². The van der Waals surface area contributed by atoms with Crippen molar-refractivity contribution in [2.45, 2.75) is 45.6 Å². The van der Waals surface area contributed by atoms with Gasteiger partial charge in [0, 0.05) is 26.2 Å². The standard InChI is InChI=1S/C22H33FN4O.HI/c1-2-24-22(25-11-10-18-6-4-3-5-7-18)26-17-19-8-9-21(20(23)16-19)27-12-14-28-15-13-27;/h6,8-9,16H,2-5,7,10-15,17H2,1H3,(H2,24,25,26);1H. The molecule has 2 aliphatic rings. The van der Waals surface area contributed by atoms with Gasteiger partial charge in [-0.05, 0) is 56.7 Å². The van der Waals surface area contributed by atoms with Crippen LogP contribution in [0.3, 0.4) is 0 Å². The molecule has 3 rings (SSSR count). The van der Waals surface area contributed by atoms with Gasteiger partial charge in [0.1, 0.15) is 5.82 Å². The number of morpholine rings is 1. The van der Waals surface area contributed by atoms with Gasteiger partial charge in [0.2, 0.25) is 0 Å². The summed E-state index contributed by atoms with van der Waals surface area (Å²) in [6, 6.07) is 5.43. The van der Waals surface area contributed by atoms with Gasteiger partial charge in [0.25, 0.3) is 0 Å². The molecule has 2 N–H and O–H groups in total. The molecule has 0 spiro atoms. The Hall–Kier alpha value is -1.35. The molecule has 0 bridgehead atoms. The van der Waals surface area contributed by atoms with Gasteiger partial charge in [-0.3, -0.25) is 0 Å². The van der Waals surface area contributed by atoms with E-state index in [0.29, 0.717) is 25.4 Å². The van der Waals surface area contributed by atoms with E-state index in [4.69, 9.17) is 4.74 Å². The highest BCUT2D eigenvalue weighted by Crippen LogP contribution is 2.22. The Morgan fingerprint density at radius 2 is 2.03 bits per heavy atom. The predicted molar refractivity (Wildman–Crippen MR) is 129 cm³/mol. The van der Waals surface area contributed by atoms with Crippen LogP contribution in [0, 0.1) is 5.82 Å². The van der Waals surface area contributed by atoms with E-state index in [1.54, 1.807) is 11.6 Å². The fraction of sp³-hybridized carbons (Fsp3) is 0.591. The molecule has 0 atom stereocenters. The van der Waals surface area contributed by atoms with E-state index >= 15 is 0 Å². The number of allylic oxidation sites excluding steroid dienone is 1. The van der Waals surface area contributed by atoms with Crippen LogP contribution in [0.1, 0.15) is 44.6 Å². The fourth-order valence-corrected chi connectivity index (χ4v) is 3.69. The number of benzene rings is 1. The summed E-state index contributed by atoms with van der Waals surface area (Å²) >= 11 is 0. The SMILES string of the molecule is CCNC(=NCc1ccc(N2CCOCC2)c(F)c1)NCCC1=CCCCC1.I. The first kappa shape index (κ1) is 23.9.